The van der Waals surface area contributed by atoms with E-state index in [9.17, 15) is 15.2 Å². The van der Waals surface area contributed by atoms with E-state index < -0.39 is 4.92 Å². The van der Waals surface area contributed by atoms with Crippen molar-refractivity contribution in [1.82, 2.24) is 15.2 Å². The molecule has 3 rings (SSSR count). The van der Waals surface area contributed by atoms with Crippen molar-refractivity contribution in [2.45, 2.75) is 0 Å². The van der Waals surface area contributed by atoms with Gasteiger partial charge in [0.15, 0.2) is 0 Å². The number of hydrogen-bond acceptors (Lipinski definition) is 6. The van der Waals surface area contributed by atoms with Gasteiger partial charge in [0.25, 0.3) is 5.69 Å². The van der Waals surface area contributed by atoms with Gasteiger partial charge in [-0.05, 0) is 22.9 Å². The Hall–Kier alpha value is -3.29. The van der Waals surface area contributed by atoms with Crippen LogP contribution in [0.2, 0.25) is 0 Å². The molecule has 21 heavy (non-hydrogen) atoms. The number of nitro benzene ring substituents is 1. The van der Waals surface area contributed by atoms with Crippen LogP contribution in [0.3, 0.4) is 0 Å². The van der Waals surface area contributed by atoms with Crippen molar-refractivity contribution in [3.8, 4) is 5.75 Å². The first-order chi connectivity index (χ1) is 10.1. The predicted molar refractivity (Wildman–Crippen MR) is 75.9 cm³/mol. The number of phenols is 1. The Morgan fingerprint density at radius 2 is 2.19 bits per heavy atom. The minimum atomic E-state index is -0.464. The fourth-order valence-corrected chi connectivity index (χ4v) is 1.97. The van der Waals surface area contributed by atoms with Gasteiger partial charge in [0.05, 0.1) is 4.92 Å². The molecule has 104 valence electrons. The third-order valence-corrected chi connectivity index (χ3v) is 2.95. The molecule has 0 aliphatic rings. The van der Waals surface area contributed by atoms with Crippen LogP contribution in [0.4, 0.5) is 11.6 Å². The highest BCUT2D eigenvalue weighted by molar-refractivity contribution is 6.03. The zero-order chi connectivity index (χ0) is 14.8. The van der Waals surface area contributed by atoms with Gasteiger partial charge in [0.2, 0.25) is 5.95 Å². The number of nitrogens with zero attached hydrogens (tertiary/aromatic N) is 4. The molecule has 0 saturated heterocycles. The van der Waals surface area contributed by atoms with Crippen molar-refractivity contribution in [3.05, 3.63) is 52.3 Å². The van der Waals surface area contributed by atoms with E-state index in [4.69, 9.17) is 0 Å². The van der Waals surface area contributed by atoms with Crippen molar-refractivity contribution in [2.75, 3.05) is 0 Å². The number of aliphatic imine (C=N–C) groups is 1. The molecule has 3 aromatic rings. The zero-order valence-electron chi connectivity index (χ0n) is 10.6. The quantitative estimate of drug-likeness (QED) is 0.434. The fourth-order valence-electron chi connectivity index (χ4n) is 1.97. The molecular formula is C13H9N5O3. The van der Waals surface area contributed by atoms with E-state index >= 15 is 0 Å². The van der Waals surface area contributed by atoms with Crippen LogP contribution in [0.5, 0.6) is 5.75 Å². The number of nitro groups is 1. The summed E-state index contributed by atoms with van der Waals surface area (Å²) in [6.45, 7) is 0. The topological polar surface area (TPSA) is 117 Å². The molecular weight excluding hydrogens is 274 g/mol. The van der Waals surface area contributed by atoms with Gasteiger partial charge >= 0.3 is 0 Å². The van der Waals surface area contributed by atoms with Crippen molar-refractivity contribution < 1.29 is 10.0 Å². The number of non-ortho nitro benzene ring substituents is 1. The van der Waals surface area contributed by atoms with Crippen LogP contribution < -0.4 is 0 Å². The minimum absolute atomic E-state index is 0.00804. The van der Waals surface area contributed by atoms with Crippen LogP contribution in [0.15, 0.2) is 41.7 Å². The van der Waals surface area contributed by atoms with Gasteiger partial charge < -0.3 is 5.11 Å². The van der Waals surface area contributed by atoms with E-state index in [1.54, 1.807) is 12.1 Å². The summed E-state index contributed by atoms with van der Waals surface area (Å²) in [4.78, 5) is 18.2. The number of benzene rings is 2. The number of phenolic OH excluding ortho intramolecular Hbond substituents is 1. The maximum Gasteiger partial charge on any atom is 0.270 e. The Bertz CT molecular complexity index is 842. The van der Waals surface area contributed by atoms with Gasteiger partial charge in [0.1, 0.15) is 12.1 Å². The van der Waals surface area contributed by atoms with Crippen LogP contribution in [0.25, 0.3) is 10.8 Å². The first-order valence-electron chi connectivity index (χ1n) is 5.95. The smallest absolute Gasteiger partial charge is 0.270 e. The number of H-pyrrole nitrogens is 1. The zero-order valence-corrected chi connectivity index (χ0v) is 10.6. The van der Waals surface area contributed by atoms with Crippen molar-refractivity contribution in [3.63, 3.8) is 0 Å². The summed E-state index contributed by atoms with van der Waals surface area (Å²) in [7, 11) is 0. The highest BCUT2D eigenvalue weighted by atomic mass is 16.6. The summed E-state index contributed by atoms with van der Waals surface area (Å²) in [5, 5.41) is 28.3. The number of fused-ring (bicyclic) bond motifs is 1. The summed E-state index contributed by atoms with van der Waals surface area (Å²) in [6.07, 6.45) is 2.75. The summed E-state index contributed by atoms with van der Waals surface area (Å²) in [6, 6.07) is 7.49. The molecule has 1 heterocycles. The monoisotopic (exact) mass is 283 g/mol. The van der Waals surface area contributed by atoms with Crippen LogP contribution in [-0.2, 0) is 0 Å². The second-order valence-electron chi connectivity index (χ2n) is 4.23. The highest BCUT2D eigenvalue weighted by Gasteiger charge is 2.10. The fraction of sp³-hybridized carbons (Fsp3) is 0. The lowest BCUT2D eigenvalue weighted by Gasteiger charge is -2.04. The maximum atomic E-state index is 10.8. The van der Waals surface area contributed by atoms with Gasteiger partial charge in [-0.15, -0.1) is 0 Å². The second-order valence-corrected chi connectivity index (χ2v) is 4.23. The molecule has 8 heteroatoms. The van der Waals surface area contributed by atoms with E-state index in [2.05, 4.69) is 20.2 Å². The Kier molecular flexibility index (Phi) is 3.03. The molecule has 2 N–H and O–H groups in total. The number of aromatic hydroxyl groups is 1. The first kappa shape index (κ1) is 12.7. The number of aromatic amines is 1. The summed E-state index contributed by atoms with van der Waals surface area (Å²) >= 11 is 0. The molecule has 0 bridgehead atoms. The van der Waals surface area contributed by atoms with E-state index in [1.165, 1.54) is 30.7 Å². The van der Waals surface area contributed by atoms with Gasteiger partial charge in [-0.1, -0.05) is 6.07 Å². The summed E-state index contributed by atoms with van der Waals surface area (Å²) in [5.41, 5.74) is 0.449. The average Bonchev–Trinajstić information content (AvgIpc) is 2.99. The molecule has 0 saturated carbocycles. The van der Waals surface area contributed by atoms with Crippen molar-refractivity contribution in [1.29, 1.82) is 0 Å². The molecule has 1 aromatic heterocycles. The third kappa shape index (κ3) is 2.41. The Balaban J connectivity index is 2.12. The summed E-state index contributed by atoms with van der Waals surface area (Å²) in [5.74, 6) is 0.327. The molecule has 8 nitrogen and oxygen atoms in total. The molecule has 0 aliphatic heterocycles. The number of hydrogen-bond donors (Lipinski definition) is 2. The van der Waals surface area contributed by atoms with Crippen molar-refractivity contribution >= 4 is 28.6 Å². The molecule has 2 aromatic carbocycles. The largest absolute Gasteiger partial charge is 0.507 e. The molecule has 0 atom stereocenters. The Labute approximate surface area is 117 Å². The standard InChI is InChI=1S/C13H9N5O3/c19-12-4-1-8-5-9(18(20)21)2-3-10(8)11(12)6-14-13-15-7-16-17-13/h1-7,19H,(H,15,16,17)/b14-6+. The molecule has 0 unspecified atom stereocenters. The van der Waals surface area contributed by atoms with E-state index in [0.29, 0.717) is 22.3 Å². The highest BCUT2D eigenvalue weighted by Crippen LogP contribution is 2.28. The minimum Gasteiger partial charge on any atom is -0.507 e. The predicted octanol–water partition coefficient (Wildman–Crippen LogP) is 2.32. The number of rotatable bonds is 3. The maximum absolute atomic E-state index is 10.8. The average molecular weight is 283 g/mol. The van der Waals surface area contributed by atoms with Gasteiger partial charge in [-0.3, -0.25) is 10.1 Å². The molecule has 0 fully saturated rings. The third-order valence-electron chi connectivity index (χ3n) is 2.95. The Morgan fingerprint density at radius 1 is 1.33 bits per heavy atom. The van der Waals surface area contributed by atoms with E-state index in [-0.39, 0.29) is 11.4 Å². The number of nitrogens with one attached hydrogen (secondary N) is 1. The van der Waals surface area contributed by atoms with Crippen molar-refractivity contribution in [2.24, 2.45) is 4.99 Å². The van der Waals surface area contributed by atoms with Gasteiger partial charge in [-0.2, -0.15) is 10.1 Å². The number of aromatic nitrogens is 3. The SMILES string of the molecule is O=[N+]([O-])c1ccc2c(/C=N/c3ncn[nH]3)c(O)ccc2c1. The first-order valence-corrected chi connectivity index (χ1v) is 5.95. The van der Waals surface area contributed by atoms with Crippen LogP contribution in [-0.4, -0.2) is 31.4 Å². The molecule has 0 aliphatic carbocycles. The van der Waals surface area contributed by atoms with Gasteiger partial charge in [0, 0.05) is 23.9 Å². The van der Waals surface area contributed by atoms with Crippen LogP contribution in [0, 0.1) is 10.1 Å². The molecule has 0 spiro atoms. The van der Waals surface area contributed by atoms with E-state index in [1.807, 2.05) is 0 Å². The lowest BCUT2D eigenvalue weighted by atomic mass is 10.0. The molecule has 0 radical (unpaired) electrons. The van der Waals surface area contributed by atoms with E-state index in [0.717, 1.165) is 0 Å². The van der Waals surface area contributed by atoms with Crippen LogP contribution in [0.1, 0.15) is 5.56 Å². The molecule has 0 amide bonds. The lowest BCUT2D eigenvalue weighted by Crippen LogP contribution is -1.90. The van der Waals surface area contributed by atoms with Gasteiger partial charge in [-0.25, -0.2) is 10.1 Å². The summed E-state index contributed by atoms with van der Waals surface area (Å²) < 4.78 is 0. The van der Waals surface area contributed by atoms with Crippen LogP contribution >= 0.6 is 0 Å². The normalized spacial score (nSPS) is 11.2. The Morgan fingerprint density at radius 3 is 2.90 bits per heavy atom. The second kappa shape index (κ2) is 5.00. The lowest BCUT2D eigenvalue weighted by molar-refractivity contribution is -0.384.